The van der Waals surface area contributed by atoms with Crippen molar-refractivity contribution in [1.29, 1.82) is 0 Å². The van der Waals surface area contributed by atoms with E-state index in [9.17, 15) is 0 Å². The van der Waals surface area contributed by atoms with Crippen molar-refractivity contribution in [2.24, 2.45) is 0 Å². The molecule has 1 heterocycles. The van der Waals surface area contributed by atoms with Gasteiger partial charge in [-0.2, -0.15) is 0 Å². The summed E-state index contributed by atoms with van der Waals surface area (Å²) in [5.74, 6) is 6.04. The predicted molar refractivity (Wildman–Crippen MR) is 79.1 cm³/mol. The van der Waals surface area contributed by atoms with Crippen molar-refractivity contribution in [1.82, 2.24) is 0 Å². The van der Waals surface area contributed by atoms with Crippen molar-refractivity contribution in [2.75, 3.05) is 6.61 Å². The van der Waals surface area contributed by atoms with Crippen LogP contribution < -0.4 is 4.74 Å². The van der Waals surface area contributed by atoms with E-state index in [0.29, 0.717) is 22.4 Å². The molecule has 0 radical (unpaired) electrons. The Morgan fingerprint density at radius 3 is 2.89 bits per heavy atom. The van der Waals surface area contributed by atoms with E-state index in [-0.39, 0.29) is 6.61 Å². The van der Waals surface area contributed by atoms with Crippen LogP contribution in [0.2, 0.25) is 10.0 Å². The van der Waals surface area contributed by atoms with E-state index in [1.165, 1.54) is 0 Å². The molecule has 19 heavy (non-hydrogen) atoms. The second-order valence-electron chi connectivity index (χ2n) is 3.56. The fourth-order valence-electron chi connectivity index (χ4n) is 1.44. The Balaban J connectivity index is 2.11. The van der Waals surface area contributed by atoms with Gasteiger partial charge in [-0.25, -0.2) is 0 Å². The monoisotopic (exact) mass is 312 g/mol. The van der Waals surface area contributed by atoms with Gasteiger partial charge >= 0.3 is 0 Å². The van der Waals surface area contributed by atoms with Gasteiger partial charge in [-0.15, -0.1) is 11.3 Å². The number of hydrogen-bond donors (Lipinski definition) is 1. The molecule has 5 heteroatoms. The molecule has 2 aromatic rings. The summed E-state index contributed by atoms with van der Waals surface area (Å²) in [6.45, 7) is 0.212. The fourth-order valence-corrected chi connectivity index (χ4v) is 2.53. The lowest BCUT2D eigenvalue weighted by Crippen LogP contribution is -1.95. The van der Waals surface area contributed by atoms with Crippen LogP contribution in [0.1, 0.15) is 10.4 Å². The van der Waals surface area contributed by atoms with E-state index in [2.05, 4.69) is 11.8 Å². The van der Waals surface area contributed by atoms with Crippen molar-refractivity contribution in [3.05, 3.63) is 50.1 Å². The Morgan fingerprint density at radius 1 is 1.26 bits per heavy atom. The maximum Gasteiger partial charge on any atom is 0.139 e. The van der Waals surface area contributed by atoms with Crippen molar-refractivity contribution >= 4 is 34.5 Å². The van der Waals surface area contributed by atoms with Gasteiger partial charge in [-0.3, -0.25) is 0 Å². The van der Waals surface area contributed by atoms with Gasteiger partial charge in [-0.1, -0.05) is 41.1 Å². The molecule has 1 aromatic carbocycles. The molecule has 0 amide bonds. The maximum absolute atomic E-state index is 8.70. The predicted octanol–water partition coefficient (Wildman–Crippen LogP) is 3.98. The molecule has 0 fully saturated rings. The first kappa shape index (κ1) is 14.2. The first-order valence-electron chi connectivity index (χ1n) is 5.45. The Labute approximate surface area is 125 Å². The summed E-state index contributed by atoms with van der Waals surface area (Å²) in [4.78, 5) is 0.983. The molecule has 98 valence electrons. The lowest BCUT2D eigenvalue weighted by molar-refractivity contribution is 0.310. The number of benzene rings is 1. The molecule has 0 aliphatic rings. The Hall–Kier alpha value is -1.18. The van der Waals surface area contributed by atoms with Gasteiger partial charge in [-0.05, 0) is 23.6 Å². The lowest BCUT2D eigenvalue weighted by Gasteiger charge is -2.08. The highest BCUT2D eigenvalue weighted by Crippen LogP contribution is 2.32. The van der Waals surface area contributed by atoms with Crippen LogP contribution in [-0.4, -0.2) is 11.7 Å². The van der Waals surface area contributed by atoms with Crippen LogP contribution >= 0.6 is 34.5 Å². The van der Waals surface area contributed by atoms with Crippen LogP contribution in [0.25, 0.3) is 0 Å². The molecule has 0 unspecified atom stereocenters. The molecule has 0 bridgehead atoms. The standard InChI is InChI=1S/C14H10Cl2O2S/c15-11-4-1-5-12(14(11)16)18-9-13-10(3-2-7-17)6-8-19-13/h1,4-6,8,17H,7,9H2. The summed E-state index contributed by atoms with van der Waals surface area (Å²) in [5, 5.41) is 11.5. The minimum Gasteiger partial charge on any atom is -0.486 e. The van der Waals surface area contributed by atoms with Gasteiger partial charge < -0.3 is 9.84 Å². The molecule has 2 rings (SSSR count). The third-order valence-electron chi connectivity index (χ3n) is 2.32. The summed E-state index contributed by atoms with van der Waals surface area (Å²) in [6, 6.07) is 7.15. The smallest absolute Gasteiger partial charge is 0.139 e. The van der Waals surface area contributed by atoms with Crippen LogP contribution in [0.3, 0.4) is 0 Å². The summed E-state index contributed by atoms with van der Waals surface area (Å²) in [6.07, 6.45) is 0. The zero-order valence-corrected chi connectivity index (χ0v) is 12.1. The Bertz CT molecular complexity index is 626. The summed E-state index contributed by atoms with van der Waals surface area (Å²) < 4.78 is 5.65. The third-order valence-corrected chi connectivity index (χ3v) is 4.02. The first-order chi connectivity index (χ1) is 9.22. The number of thiophene rings is 1. The third kappa shape index (κ3) is 3.65. The molecule has 1 aromatic heterocycles. The average Bonchev–Trinajstić information content (AvgIpc) is 2.85. The number of ether oxygens (including phenoxy) is 1. The van der Waals surface area contributed by atoms with E-state index in [1.54, 1.807) is 29.5 Å². The van der Waals surface area contributed by atoms with Gasteiger partial charge in [0.05, 0.1) is 9.90 Å². The first-order valence-corrected chi connectivity index (χ1v) is 7.09. The van der Waals surface area contributed by atoms with E-state index < -0.39 is 0 Å². The largest absolute Gasteiger partial charge is 0.486 e. The van der Waals surface area contributed by atoms with Crippen molar-refractivity contribution in [3.63, 3.8) is 0 Å². The van der Waals surface area contributed by atoms with Gasteiger partial charge in [0.2, 0.25) is 0 Å². The summed E-state index contributed by atoms with van der Waals surface area (Å²) in [5.41, 5.74) is 0.859. The number of hydrogen-bond acceptors (Lipinski definition) is 3. The molecule has 0 spiro atoms. The van der Waals surface area contributed by atoms with Gasteiger partial charge in [0.1, 0.15) is 24.0 Å². The second-order valence-corrected chi connectivity index (χ2v) is 5.34. The zero-order chi connectivity index (χ0) is 13.7. The molecular weight excluding hydrogens is 303 g/mol. The minimum atomic E-state index is -0.156. The SMILES string of the molecule is OCC#Cc1ccsc1COc1cccc(Cl)c1Cl. The molecule has 1 N–H and O–H groups in total. The van der Waals surface area contributed by atoms with Crippen LogP contribution in [-0.2, 0) is 6.61 Å². The van der Waals surface area contributed by atoms with Crippen LogP contribution in [0, 0.1) is 11.8 Å². The second kappa shape index (κ2) is 6.83. The Morgan fingerprint density at radius 2 is 2.11 bits per heavy atom. The summed E-state index contributed by atoms with van der Waals surface area (Å²) in [7, 11) is 0. The van der Waals surface area contributed by atoms with E-state index in [4.69, 9.17) is 33.0 Å². The molecule has 0 saturated carbocycles. The number of rotatable bonds is 3. The van der Waals surface area contributed by atoms with Crippen molar-refractivity contribution in [2.45, 2.75) is 6.61 Å². The van der Waals surface area contributed by atoms with Gasteiger partial charge in [0.15, 0.2) is 0 Å². The maximum atomic E-state index is 8.70. The van der Waals surface area contributed by atoms with Crippen LogP contribution in [0.4, 0.5) is 0 Å². The zero-order valence-electron chi connectivity index (χ0n) is 9.82. The normalized spacial score (nSPS) is 9.84. The van der Waals surface area contributed by atoms with E-state index in [1.807, 2.05) is 11.4 Å². The molecule has 2 nitrogen and oxygen atoms in total. The Kier molecular flexibility index (Phi) is 5.12. The fraction of sp³-hybridized carbons (Fsp3) is 0.143. The number of aliphatic hydroxyl groups is 1. The van der Waals surface area contributed by atoms with Crippen LogP contribution in [0.5, 0.6) is 5.75 Å². The summed E-state index contributed by atoms with van der Waals surface area (Å²) >= 11 is 13.5. The topological polar surface area (TPSA) is 29.5 Å². The van der Waals surface area contributed by atoms with Gasteiger partial charge in [0.25, 0.3) is 0 Å². The molecule has 0 atom stereocenters. The van der Waals surface area contributed by atoms with Gasteiger partial charge in [0, 0.05) is 5.56 Å². The van der Waals surface area contributed by atoms with E-state index in [0.717, 1.165) is 10.4 Å². The lowest BCUT2D eigenvalue weighted by atomic mass is 10.2. The average molecular weight is 313 g/mol. The molecule has 0 aliphatic heterocycles. The van der Waals surface area contributed by atoms with Crippen LogP contribution in [0.15, 0.2) is 29.6 Å². The number of aliphatic hydroxyl groups excluding tert-OH is 1. The van der Waals surface area contributed by atoms with Crippen molar-refractivity contribution < 1.29 is 9.84 Å². The highest BCUT2D eigenvalue weighted by atomic mass is 35.5. The quantitative estimate of drug-likeness (QED) is 0.869. The number of halogens is 2. The molecule has 0 saturated heterocycles. The highest BCUT2D eigenvalue weighted by Gasteiger charge is 2.07. The highest BCUT2D eigenvalue weighted by molar-refractivity contribution is 7.10. The molecule has 0 aliphatic carbocycles. The van der Waals surface area contributed by atoms with Crippen molar-refractivity contribution in [3.8, 4) is 17.6 Å². The van der Waals surface area contributed by atoms with E-state index >= 15 is 0 Å². The molecular formula is C14H10Cl2O2S. The minimum absolute atomic E-state index is 0.156.